The van der Waals surface area contributed by atoms with E-state index in [-0.39, 0.29) is 13.2 Å². The van der Waals surface area contributed by atoms with Gasteiger partial charge in [-0.25, -0.2) is 14.7 Å². The first-order valence-corrected chi connectivity index (χ1v) is 8.09. The Balaban J connectivity index is 1.98. The molecule has 0 aromatic heterocycles. The molecule has 0 spiro atoms. The van der Waals surface area contributed by atoms with Crippen LogP contribution < -0.4 is 11.1 Å². The normalized spacial score (nSPS) is 19.5. The second-order valence-electron chi connectivity index (χ2n) is 6.74. The van der Waals surface area contributed by atoms with Gasteiger partial charge in [-0.1, -0.05) is 30.3 Å². The Kier molecular flexibility index (Phi) is 6.04. The molecule has 1 heterocycles. The molecule has 1 saturated heterocycles. The van der Waals surface area contributed by atoms with Crippen molar-refractivity contribution < 1.29 is 28.7 Å². The molecular formula is C17H23N3O6. The molecule has 2 rings (SSSR count). The van der Waals surface area contributed by atoms with Crippen molar-refractivity contribution in [3.8, 4) is 0 Å². The first-order chi connectivity index (χ1) is 12.2. The summed E-state index contributed by atoms with van der Waals surface area (Å²) in [4.78, 5) is 40.6. The number of hydrogen-bond acceptors (Lipinski definition) is 6. The molecule has 9 heteroatoms. The highest BCUT2D eigenvalue weighted by molar-refractivity contribution is 5.91. The Hall–Kier alpha value is -2.81. The lowest BCUT2D eigenvalue weighted by molar-refractivity contribution is -0.244. The molecule has 1 fully saturated rings. The van der Waals surface area contributed by atoms with Gasteiger partial charge in [0.25, 0.3) is 5.91 Å². The van der Waals surface area contributed by atoms with Gasteiger partial charge in [-0.3, -0.25) is 9.63 Å². The summed E-state index contributed by atoms with van der Waals surface area (Å²) in [6.07, 6.45) is -1.73. The predicted molar refractivity (Wildman–Crippen MR) is 90.6 cm³/mol. The molecule has 0 radical (unpaired) electrons. The van der Waals surface area contributed by atoms with Crippen LogP contribution >= 0.6 is 0 Å². The molecule has 0 bridgehead atoms. The molecule has 0 saturated carbocycles. The third-order valence-corrected chi connectivity index (χ3v) is 3.45. The van der Waals surface area contributed by atoms with E-state index in [0.717, 1.165) is 10.6 Å². The van der Waals surface area contributed by atoms with Crippen LogP contribution in [0.15, 0.2) is 30.3 Å². The maximum Gasteiger partial charge on any atom is 0.408 e. The molecule has 2 atom stereocenters. The summed E-state index contributed by atoms with van der Waals surface area (Å²) in [5.41, 5.74) is 5.13. The quantitative estimate of drug-likeness (QED) is 0.734. The fraction of sp³-hybridized carbons (Fsp3) is 0.471. The van der Waals surface area contributed by atoms with E-state index in [1.807, 2.05) is 30.3 Å². The largest absolute Gasteiger partial charge is 0.447 e. The van der Waals surface area contributed by atoms with Crippen molar-refractivity contribution in [2.75, 3.05) is 6.61 Å². The molecule has 1 aromatic rings. The third kappa shape index (κ3) is 5.35. The van der Waals surface area contributed by atoms with Crippen molar-refractivity contribution in [1.29, 1.82) is 0 Å². The topological polar surface area (TPSA) is 120 Å². The van der Waals surface area contributed by atoms with Crippen LogP contribution in [0.25, 0.3) is 0 Å². The van der Waals surface area contributed by atoms with Crippen LogP contribution in [0.3, 0.4) is 0 Å². The number of carbonyl (C=O) groups is 3. The summed E-state index contributed by atoms with van der Waals surface area (Å²) in [6.45, 7) is 5.06. The number of β-lactam (4-membered cyclic amide) rings is 1. The minimum atomic E-state index is -0.983. The van der Waals surface area contributed by atoms with Crippen molar-refractivity contribution >= 4 is 18.1 Å². The fourth-order valence-electron chi connectivity index (χ4n) is 2.32. The minimum absolute atomic E-state index is 0.152. The van der Waals surface area contributed by atoms with Crippen molar-refractivity contribution in [2.45, 2.75) is 45.1 Å². The van der Waals surface area contributed by atoms with Gasteiger partial charge in [0.2, 0.25) is 0 Å². The van der Waals surface area contributed by atoms with Crippen LogP contribution in [0.5, 0.6) is 0 Å². The number of primary amides is 1. The van der Waals surface area contributed by atoms with Crippen molar-refractivity contribution in [1.82, 2.24) is 10.4 Å². The highest BCUT2D eigenvalue weighted by Crippen LogP contribution is 2.23. The number of amides is 3. The number of ether oxygens (including phenoxy) is 2. The molecule has 1 aliphatic rings. The molecule has 3 N–H and O–H groups in total. The monoisotopic (exact) mass is 365 g/mol. The first kappa shape index (κ1) is 19.5. The number of nitrogens with one attached hydrogen (secondary N) is 1. The molecule has 9 nitrogen and oxygen atoms in total. The minimum Gasteiger partial charge on any atom is -0.447 e. The number of rotatable bonds is 6. The zero-order valence-electron chi connectivity index (χ0n) is 14.9. The second-order valence-corrected chi connectivity index (χ2v) is 6.74. The Bertz CT molecular complexity index is 658. The molecule has 3 amide bonds. The van der Waals surface area contributed by atoms with Gasteiger partial charge in [0.1, 0.15) is 30.9 Å². The van der Waals surface area contributed by atoms with Gasteiger partial charge in [-0.05, 0) is 26.3 Å². The summed E-state index contributed by atoms with van der Waals surface area (Å²) in [5, 5.41) is 3.53. The maximum absolute atomic E-state index is 12.3. The van der Waals surface area contributed by atoms with Crippen LogP contribution in [0.1, 0.15) is 26.3 Å². The SMILES string of the molecule is CC(C)(C)OC(=O)N[C@@H]1C(=O)N(OCc2ccccc2)[C@H]1COC(N)=O. The Morgan fingerprint density at radius 2 is 1.88 bits per heavy atom. The van der Waals surface area contributed by atoms with Crippen molar-refractivity contribution in [2.24, 2.45) is 5.73 Å². The van der Waals surface area contributed by atoms with Crippen LogP contribution in [0, 0.1) is 0 Å². The Morgan fingerprint density at radius 1 is 1.23 bits per heavy atom. The van der Waals surface area contributed by atoms with E-state index in [4.69, 9.17) is 20.0 Å². The molecule has 0 aliphatic carbocycles. The van der Waals surface area contributed by atoms with Crippen LogP contribution in [-0.2, 0) is 25.7 Å². The molecule has 0 unspecified atom stereocenters. The number of hydroxylamine groups is 2. The Morgan fingerprint density at radius 3 is 2.46 bits per heavy atom. The van der Waals surface area contributed by atoms with E-state index in [0.29, 0.717) is 0 Å². The van der Waals surface area contributed by atoms with Gasteiger partial charge in [0, 0.05) is 0 Å². The van der Waals surface area contributed by atoms with Gasteiger partial charge < -0.3 is 20.5 Å². The second kappa shape index (κ2) is 8.05. The highest BCUT2D eigenvalue weighted by Gasteiger charge is 2.50. The predicted octanol–water partition coefficient (Wildman–Crippen LogP) is 1.32. The van der Waals surface area contributed by atoms with Gasteiger partial charge in [0.05, 0.1) is 0 Å². The van der Waals surface area contributed by atoms with Crippen molar-refractivity contribution in [3.05, 3.63) is 35.9 Å². The third-order valence-electron chi connectivity index (χ3n) is 3.45. The molecular weight excluding hydrogens is 342 g/mol. The zero-order valence-corrected chi connectivity index (χ0v) is 14.9. The average molecular weight is 365 g/mol. The standard InChI is InChI=1S/C17H23N3O6/c1-17(2,3)26-16(23)19-13-12(10-24-15(18)22)20(14(13)21)25-9-11-7-5-4-6-8-11/h4-8,12-13H,9-10H2,1-3H3,(H2,18,22)(H,19,23)/t12-,13-/m0/s1. The van der Waals surface area contributed by atoms with Gasteiger partial charge in [-0.15, -0.1) is 0 Å². The summed E-state index contributed by atoms with van der Waals surface area (Å²) in [6, 6.07) is 7.61. The van der Waals surface area contributed by atoms with Crippen LogP contribution in [-0.4, -0.2) is 47.4 Å². The summed E-state index contributed by atoms with van der Waals surface area (Å²) in [5.74, 6) is -0.468. The molecule has 1 aliphatic heterocycles. The molecule has 1 aromatic carbocycles. The van der Waals surface area contributed by atoms with Gasteiger partial charge in [0.15, 0.2) is 0 Å². The zero-order chi connectivity index (χ0) is 19.3. The average Bonchev–Trinajstić information content (AvgIpc) is 2.54. The van der Waals surface area contributed by atoms with E-state index < -0.39 is 35.8 Å². The number of nitrogens with two attached hydrogens (primary N) is 1. The lowest BCUT2D eigenvalue weighted by atomic mass is 9.99. The van der Waals surface area contributed by atoms with E-state index >= 15 is 0 Å². The smallest absolute Gasteiger partial charge is 0.408 e. The van der Waals surface area contributed by atoms with Gasteiger partial charge in [-0.2, -0.15) is 0 Å². The summed E-state index contributed by atoms with van der Waals surface area (Å²) < 4.78 is 9.90. The number of carbonyl (C=O) groups excluding carboxylic acids is 3. The lowest BCUT2D eigenvalue weighted by Crippen LogP contribution is -2.72. The fourth-order valence-corrected chi connectivity index (χ4v) is 2.32. The molecule has 142 valence electrons. The summed E-state index contributed by atoms with van der Waals surface area (Å²) in [7, 11) is 0. The van der Waals surface area contributed by atoms with E-state index in [9.17, 15) is 14.4 Å². The Labute approximate surface area is 151 Å². The number of hydrogen-bond donors (Lipinski definition) is 2. The van der Waals surface area contributed by atoms with E-state index in [2.05, 4.69) is 5.32 Å². The molecule has 26 heavy (non-hydrogen) atoms. The number of benzene rings is 1. The number of nitrogens with zero attached hydrogens (tertiary/aromatic N) is 1. The van der Waals surface area contributed by atoms with Crippen LogP contribution in [0.4, 0.5) is 9.59 Å². The number of alkyl carbamates (subject to hydrolysis) is 1. The van der Waals surface area contributed by atoms with Crippen LogP contribution in [0.2, 0.25) is 0 Å². The van der Waals surface area contributed by atoms with E-state index in [1.165, 1.54) is 0 Å². The summed E-state index contributed by atoms with van der Waals surface area (Å²) >= 11 is 0. The van der Waals surface area contributed by atoms with Crippen molar-refractivity contribution in [3.63, 3.8) is 0 Å². The lowest BCUT2D eigenvalue weighted by Gasteiger charge is -2.44. The maximum atomic E-state index is 12.3. The van der Waals surface area contributed by atoms with Gasteiger partial charge >= 0.3 is 12.2 Å². The van der Waals surface area contributed by atoms with E-state index in [1.54, 1.807) is 20.8 Å². The highest BCUT2D eigenvalue weighted by atomic mass is 16.7. The first-order valence-electron chi connectivity index (χ1n) is 8.09.